The van der Waals surface area contributed by atoms with Crippen molar-refractivity contribution in [2.75, 3.05) is 6.61 Å². The van der Waals surface area contributed by atoms with Crippen LogP contribution < -0.4 is 10.1 Å². The van der Waals surface area contributed by atoms with E-state index in [4.69, 9.17) is 9.47 Å². The molecule has 2 heterocycles. The van der Waals surface area contributed by atoms with Gasteiger partial charge >= 0.3 is 5.97 Å². The standard InChI is InChI=1S/C19H21NO4S/c1-11(2)12(3)20-17(21)10-24-19(22)16-8-13-9-23-15-7-5-4-6-14(15)18(13)25-16/h4-8,11-12H,9-10H2,1-3H3,(H,20,21). The lowest BCUT2D eigenvalue weighted by Crippen LogP contribution is -2.38. The molecule has 1 unspecified atom stereocenters. The summed E-state index contributed by atoms with van der Waals surface area (Å²) in [5, 5.41) is 2.82. The molecular weight excluding hydrogens is 338 g/mol. The molecule has 1 amide bonds. The van der Waals surface area contributed by atoms with Crippen LogP contribution in [-0.4, -0.2) is 24.5 Å². The Morgan fingerprint density at radius 3 is 2.80 bits per heavy atom. The lowest BCUT2D eigenvalue weighted by atomic mass is 10.1. The first-order chi connectivity index (χ1) is 12.0. The predicted molar refractivity (Wildman–Crippen MR) is 96.8 cm³/mol. The van der Waals surface area contributed by atoms with Crippen LogP contribution in [0, 0.1) is 5.92 Å². The van der Waals surface area contributed by atoms with E-state index in [1.54, 1.807) is 6.07 Å². The Morgan fingerprint density at radius 2 is 2.04 bits per heavy atom. The molecule has 5 nitrogen and oxygen atoms in total. The van der Waals surface area contributed by atoms with Gasteiger partial charge < -0.3 is 14.8 Å². The van der Waals surface area contributed by atoms with E-state index in [0.717, 1.165) is 21.8 Å². The van der Waals surface area contributed by atoms with Gasteiger partial charge in [-0.2, -0.15) is 0 Å². The zero-order valence-corrected chi connectivity index (χ0v) is 15.3. The Bertz CT molecular complexity index is 796. The fourth-order valence-corrected chi connectivity index (χ4v) is 3.56. The maximum absolute atomic E-state index is 12.3. The van der Waals surface area contributed by atoms with Crippen molar-refractivity contribution in [3.63, 3.8) is 0 Å². The minimum absolute atomic E-state index is 0.0360. The number of rotatable bonds is 5. The van der Waals surface area contributed by atoms with E-state index in [1.807, 2.05) is 45.0 Å². The highest BCUT2D eigenvalue weighted by Gasteiger charge is 2.23. The number of amides is 1. The van der Waals surface area contributed by atoms with E-state index in [0.29, 0.717) is 17.4 Å². The van der Waals surface area contributed by atoms with Gasteiger partial charge in [-0.1, -0.05) is 26.0 Å². The molecule has 0 saturated heterocycles. The molecular formula is C19H21NO4S. The Balaban J connectivity index is 1.65. The number of esters is 1. The van der Waals surface area contributed by atoms with Crippen LogP contribution in [-0.2, 0) is 16.1 Å². The minimum Gasteiger partial charge on any atom is -0.488 e. The minimum atomic E-state index is -0.482. The molecule has 0 fully saturated rings. The van der Waals surface area contributed by atoms with Crippen LogP contribution in [0.25, 0.3) is 10.4 Å². The summed E-state index contributed by atoms with van der Waals surface area (Å²) in [7, 11) is 0. The normalized spacial score (nSPS) is 13.4. The predicted octanol–water partition coefficient (Wildman–Crippen LogP) is 3.63. The summed E-state index contributed by atoms with van der Waals surface area (Å²) in [6.45, 7) is 6.13. The summed E-state index contributed by atoms with van der Waals surface area (Å²) >= 11 is 1.37. The molecule has 1 aromatic heterocycles. The number of fused-ring (bicyclic) bond motifs is 3. The Kier molecular flexibility index (Phi) is 5.08. The third-order valence-corrected chi connectivity index (χ3v) is 5.44. The van der Waals surface area contributed by atoms with Gasteiger partial charge in [-0.25, -0.2) is 4.79 Å². The van der Waals surface area contributed by atoms with E-state index >= 15 is 0 Å². The van der Waals surface area contributed by atoms with Gasteiger partial charge in [0.05, 0.1) is 0 Å². The summed E-state index contributed by atoms with van der Waals surface area (Å²) in [5.41, 5.74) is 1.95. The zero-order chi connectivity index (χ0) is 18.0. The van der Waals surface area contributed by atoms with Gasteiger partial charge in [0.2, 0.25) is 0 Å². The largest absolute Gasteiger partial charge is 0.488 e. The number of ether oxygens (including phenoxy) is 2. The number of benzene rings is 1. The highest BCUT2D eigenvalue weighted by Crippen LogP contribution is 2.42. The van der Waals surface area contributed by atoms with Gasteiger partial charge in [0.1, 0.15) is 17.2 Å². The molecule has 132 valence electrons. The molecule has 25 heavy (non-hydrogen) atoms. The molecule has 1 aliphatic rings. The summed E-state index contributed by atoms with van der Waals surface area (Å²) < 4.78 is 10.9. The van der Waals surface area contributed by atoms with Crippen molar-refractivity contribution in [1.29, 1.82) is 0 Å². The van der Waals surface area contributed by atoms with Crippen LogP contribution in [0.2, 0.25) is 0 Å². The molecule has 1 atom stereocenters. The smallest absolute Gasteiger partial charge is 0.348 e. The van der Waals surface area contributed by atoms with Crippen molar-refractivity contribution in [2.24, 2.45) is 5.92 Å². The number of carbonyl (C=O) groups excluding carboxylic acids is 2. The number of carbonyl (C=O) groups is 2. The second-order valence-electron chi connectivity index (χ2n) is 6.43. The lowest BCUT2D eigenvalue weighted by Gasteiger charge is -2.17. The molecule has 0 bridgehead atoms. The third kappa shape index (κ3) is 3.85. The first-order valence-electron chi connectivity index (χ1n) is 8.27. The maximum atomic E-state index is 12.3. The van der Waals surface area contributed by atoms with Crippen molar-refractivity contribution in [1.82, 2.24) is 5.32 Å². The van der Waals surface area contributed by atoms with Gasteiger partial charge in [-0.15, -0.1) is 11.3 Å². The highest BCUT2D eigenvalue weighted by molar-refractivity contribution is 7.17. The second kappa shape index (κ2) is 7.27. The Morgan fingerprint density at radius 1 is 1.28 bits per heavy atom. The van der Waals surface area contributed by atoms with Gasteiger partial charge in [-0.3, -0.25) is 4.79 Å². The Hall–Kier alpha value is -2.34. The van der Waals surface area contributed by atoms with Crippen molar-refractivity contribution in [3.8, 4) is 16.2 Å². The average Bonchev–Trinajstić information content (AvgIpc) is 3.04. The zero-order valence-electron chi connectivity index (χ0n) is 14.5. The molecule has 0 spiro atoms. The number of para-hydroxylation sites is 1. The van der Waals surface area contributed by atoms with Crippen molar-refractivity contribution in [3.05, 3.63) is 40.8 Å². The second-order valence-corrected chi connectivity index (χ2v) is 7.48. The van der Waals surface area contributed by atoms with E-state index in [-0.39, 0.29) is 18.6 Å². The van der Waals surface area contributed by atoms with Gasteiger partial charge in [0.25, 0.3) is 5.91 Å². The fourth-order valence-electron chi connectivity index (χ4n) is 2.46. The maximum Gasteiger partial charge on any atom is 0.348 e. The SMILES string of the molecule is CC(C)C(C)NC(=O)COC(=O)c1cc2c(s1)-c1ccccc1OC2. The lowest BCUT2D eigenvalue weighted by molar-refractivity contribution is -0.125. The summed E-state index contributed by atoms with van der Waals surface area (Å²) in [5.74, 6) is 0.372. The molecule has 3 rings (SSSR count). The van der Waals surface area contributed by atoms with Crippen molar-refractivity contribution >= 4 is 23.2 Å². The fraction of sp³-hybridized carbons (Fsp3) is 0.368. The van der Waals surface area contributed by atoms with E-state index < -0.39 is 5.97 Å². The molecule has 1 N–H and O–H groups in total. The topological polar surface area (TPSA) is 64.6 Å². The summed E-state index contributed by atoms with van der Waals surface area (Å²) in [6.07, 6.45) is 0. The molecule has 6 heteroatoms. The number of nitrogens with one attached hydrogen (secondary N) is 1. The first kappa shape index (κ1) is 17.5. The molecule has 1 aliphatic heterocycles. The molecule has 0 aliphatic carbocycles. The number of thiophene rings is 1. The molecule has 0 radical (unpaired) electrons. The van der Waals surface area contributed by atoms with Crippen LogP contribution in [0.5, 0.6) is 5.75 Å². The van der Waals surface area contributed by atoms with E-state index in [2.05, 4.69) is 5.32 Å². The first-order valence-corrected chi connectivity index (χ1v) is 9.08. The van der Waals surface area contributed by atoms with Crippen LogP contribution in [0.1, 0.15) is 36.0 Å². The quantitative estimate of drug-likeness (QED) is 0.828. The number of hydrogen-bond donors (Lipinski definition) is 1. The van der Waals surface area contributed by atoms with Gasteiger partial charge in [0, 0.05) is 22.0 Å². The van der Waals surface area contributed by atoms with Crippen LogP contribution in [0.4, 0.5) is 0 Å². The molecule has 0 saturated carbocycles. The molecule has 2 aromatic rings. The van der Waals surface area contributed by atoms with Crippen LogP contribution in [0.3, 0.4) is 0 Å². The van der Waals surface area contributed by atoms with Crippen LogP contribution >= 0.6 is 11.3 Å². The van der Waals surface area contributed by atoms with Gasteiger partial charge in [-0.05, 0) is 31.0 Å². The summed E-state index contributed by atoms with van der Waals surface area (Å²) in [4.78, 5) is 25.6. The highest BCUT2D eigenvalue weighted by atomic mass is 32.1. The van der Waals surface area contributed by atoms with Crippen LogP contribution in [0.15, 0.2) is 30.3 Å². The molecule has 1 aromatic carbocycles. The third-order valence-electron chi connectivity index (χ3n) is 4.25. The van der Waals surface area contributed by atoms with Gasteiger partial charge in [0.15, 0.2) is 6.61 Å². The summed E-state index contributed by atoms with van der Waals surface area (Å²) in [6, 6.07) is 9.57. The average molecular weight is 359 g/mol. The van der Waals surface area contributed by atoms with E-state index in [1.165, 1.54) is 11.3 Å². The monoisotopic (exact) mass is 359 g/mol. The van der Waals surface area contributed by atoms with E-state index in [9.17, 15) is 9.59 Å². The Labute approximate surface area is 151 Å². The number of hydrogen-bond acceptors (Lipinski definition) is 5. The van der Waals surface area contributed by atoms with Crippen molar-refractivity contribution < 1.29 is 19.1 Å². The van der Waals surface area contributed by atoms with Crippen molar-refractivity contribution in [2.45, 2.75) is 33.4 Å².